The van der Waals surface area contributed by atoms with Crippen molar-refractivity contribution < 1.29 is 0 Å². The van der Waals surface area contributed by atoms with Crippen molar-refractivity contribution in [3.63, 3.8) is 0 Å². The first-order valence-electron chi connectivity index (χ1n) is 3.61. The number of hydrogen-bond donors (Lipinski definition) is 1. The number of halogens is 1. The minimum Gasteiger partial charge on any atom is -0.345 e. The highest BCUT2D eigenvalue weighted by atomic mass is 127. The lowest BCUT2D eigenvalue weighted by molar-refractivity contribution is 0.860. The van der Waals surface area contributed by atoms with E-state index in [1.807, 2.05) is 6.20 Å². The molecule has 0 aliphatic carbocycles. The zero-order valence-corrected chi connectivity index (χ0v) is 8.37. The smallest absolute Gasteiger partial charge is 0.133 e. The van der Waals surface area contributed by atoms with Crippen LogP contribution < -0.4 is 0 Å². The molecule has 0 amide bonds. The first-order valence-corrected chi connectivity index (χ1v) is 4.68. The highest BCUT2D eigenvalue weighted by molar-refractivity contribution is 14.1. The van der Waals surface area contributed by atoms with Crippen LogP contribution in [0.4, 0.5) is 5.82 Å². The summed E-state index contributed by atoms with van der Waals surface area (Å²) in [5, 5.41) is 8.69. The summed E-state index contributed by atoms with van der Waals surface area (Å²) in [6.07, 6.45) is 4.41. The lowest BCUT2D eigenvalue weighted by Gasteiger charge is -2.08. The molecular weight excluding hydrogens is 265 g/mol. The van der Waals surface area contributed by atoms with Gasteiger partial charge in [0, 0.05) is 21.5 Å². The van der Waals surface area contributed by atoms with E-state index in [9.17, 15) is 0 Å². The van der Waals surface area contributed by atoms with Crippen molar-refractivity contribution in [3.8, 4) is 6.07 Å². The molecule has 1 N–H and O–H groups in total. The molecular formula is C8H6IN3. The van der Waals surface area contributed by atoms with Crippen LogP contribution in [0.15, 0.2) is 11.2 Å². The highest BCUT2D eigenvalue weighted by Crippen LogP contribution is 2.28. The minimum absolute atomic E-state index is 0.0539. The molecule has 0 spiro atoms. The van der Waals surface area contributed by atoms with Gasteiger partial charge in [0.1, 0.15) is 5.82 Å². The average molecular weight is 271 g/mol. The standard InChI is InChI=1S/C8H6IN3/c9-7-4-12-8-6(7)1-5(2-10)3-11-8/h3-5,12H,1H2. The summed E-state index contributed by atoms with van der Waals surface area (Å²) in [5.74, 6) is 0.854. The summed E-state index contributed by atoms with van der Waals surface area (Å²) in [4.78, 5) is 7.21. The molecule has 1 atom stereocenters. The Kier molecular flexibility index (Phi) is 1.89. The number of fused-ring (bicyclic) bond motifs is 1. The fraction of sp³-hybridized carbons (Fsp3) is 0.250. The van der Waals surface area contributed by atoms with E-state index in [-0.39, 0.29) is 5.92 Å². The Morgan fingerprint density at radius 2 is 2.58 bits per heavy atom. The van der Waals surface area contributed by atoms with Crippen LogP contribution in [0.3, 0.4) is 0 Å². The first kappa shape index (κ1) is 7.80. The Morgan fingerprint density at radius 1 is 1.75 bits per heavy atom. The van der Waals surface area contributed by atoms with Gasteiger partial charge in [0.25, 0.3) is 0 Å². The number of nitriles is 1. The van der Waals surface area contributed by atoms with Crippen molar-refractivity contribution in [3.05, 3.63) is 15.3 Å². The fourth-order valence-electron chi connectivity index (χ4n) is 1.24. The molecule has 0 radical (unpaired) electrons. The molecule has 1 aliphatic rings. The molecule has 1 aromatic heterocycles. The summed E-state index contributed by atoms with van der Waals surface area (Å²) in [7, 11) is 0. The van der Waals surface area contributed by atoms with E-state index in [4.69, 9.17) is 5.26 Å². The molecule has 3 nitrogen and oxygen atoms in total. The second-order valence-electron chi connectivity index (χ2n) is 2.68. The van der Waals surface area contributed by atoms with E-state index in [2.05, 4.69) is 38.6 Å². The number of hydrogen-bond acceptors (Lipinski definition) is 2. The van der Waals surface area contributed by atoms with Crippen LogP contribution in [0.2, 0.25) is 0 Å². The maximum Gasteiger partial charge on any atom is 0.133 e. The van der Waals surface area contributed by atoms with Gasteiger partial charge in [-0.2, -0.15) is 5.26 Å². The van der Waals surface area contributed by atoms with Gasteiger partial charge in [-0.15, -0.1) is 0 Å². The third-order valence-electron chi connectivity index (χ3n) is 1.88. The quantitative estimate of drug-likeness (QED) is 0.721. The van der Waals surface area contributed by atoms with Crippen molar-refractivity contribution in [2.45, 2.75) is 6.42 Å². The molecule has 0 saturated heterocycles. The molecule has 4 heteroatoms. The minimum atomic E-state index is -0.0539. The number of aromatic amines is 1. The van der Waals surface area contributed by atoms with E-state index in [0.717, 1.165) is 12.2 Å². The van der Waals surface area contributed by atoms with Crippen molar-refractivity contribution in [1.82, 2.24) is 4.98 Å². The van der Waals surface area contributed by atoms with Crippen molar-refractivity contribution >= 4 is 34.6 Å². The van der Waals surface area contributed by atoms with Gasteiger partial charge in [0.2, 0.25) is 0 Å². The van der Waals surface area contributed by atoms with Crippen LogP contribution in [-0.4, -0.2) is 11.2 Å². The average Bonchev–Trinajstić information content (AvgIpc) is 2.47. The lowest BCUT2D eigenvalue weighted by Crippen LogP contribution is -2.07. The topological polar surface area (TPSA) is 51.9 Å². The largest absolute Gasteiger partial charge is 0.345 e. The summed E-state index contributed by atoms with van der Waals surface area (Å²) >= 11 is 2.25. The predicted octanol–water partition coefficient (Wildman–Crippen LogP) is 2.02. The Morgan fingerprint density at radius 3 is 3.33 bits per heavy atom. The molecule has 1 aromatic rings. The molecule has 1 unspecified atom stereocenters. The summed E-state index contributed by atoms with van der Waals surface area (Å²) in [6.45, 7) is 0. The summed E-state index contributed by atoms with van der Waals surface area (Å²) in [5.41, 5.74) is 1.17. The maximum atomic E-state index is 8.69. The molecule has 0 saturated carbocycles. The van der Waals surface area contributed by atoms with Crippen LogP contribution in [0, 0.1) is 20.8 Å². The Labute approximate surface area is 83.6 Å². The van der Waals surface area contributed by atoms with Gasteiger partial charge >= 0.3 is 0 Å². The number of aliphatic imine (C=N–C) groups is 1. The molecule has 1 aliphatic heterocycles. The SMILES string of the molecule is N#CC1C=Nc2[nH]cc(I)c2C1. The monoisotopic (exact) mass is 271 g/mol. The second kappa shape index (κ2) is 2.90. The van der Waals surface area contributed by atoms with E-state index in [1.165, 1.54) is 9.13 Å². The first-order chi connectivity index (χ1) is 5.81. The zero-order valence-electron chi connectivity index (χ0n) is 6.21. The van der Waals surface area contributed by atoms with Crippen LogP contribution >= 0.6 is 22.6 Å². The number of aromatic nitrogens is 1. The van der Waals surface area contributed by atoms with Crippen LogP contribution in [0.5, 0.6) is 0 Å². The number of nitrogens with one attached hydrogen (secondary N) is 1. The summed E-state index contributed by atoms with van der Waals surface area (Å²) < 4.78 is 1.17. The van der Waals surface area contributed by atoms with Crippen molar-refractivity contribution in [1.29, 1.82) is 5.26 Å². The fourth-order valence-corrected chi connectivity index (χ4v) is 1.88. The second-order valence-corrected chi connectivity index (χ2v) is 3.84. The predicted molar refractivity (Wildman–Crippen MR) is 54.5 cm³/mol. The third kappa shape index (κ3) is 1.14. The number of nitrogens with zero attached hydrogens (tertiary/aromatic N) is 2. The Bertz CT molecular complexity index is 372. The third-order valence-corrected chi connectivity index (χ3v) is 2.85. The highest BCUT2D eigenvalue weighted by Gasteiger charge is 2.17. The molecule has 2 rings (SSSR count). The van der Waals surface area contributed by atoms with Gasteiger partial charge in [-0.1, -0.05) is 0 Å². The van der Waals surface area contributed by atoms with Gasteiger partial charge in [-0.3, -0.25) is 0 Å². The van der Waals surface area contributed by atoms with Gasteiger partial charge in [-0.05, 0) is 29.0 Å². The van der Waals surface area contributed by atoms with E-state index >= 15 is 0 Å². The van der Waals surface area contributed by atoms with E-state index in [1.54, 1.807) is 6.21 Å². The van der Waals surface area contributed by atoms with Crippen molar-refractivity contribution in [2.24, 2.45) is 10.9 Å². The van der Waals surface area contributed by atoms with E-state index in [0.29, 0.717) is 0 Å². The van der Waals surface area contributed by atoms with Crippen molar-refractivity contribution in [2.75, 3.05) is 0 Å². The molecule has 0 aromatic carbocycles. The summed E-state index contributed by atoms with van der Waals surface area (Å²) in [6, 6.07) is 2.20. The number of rotatable bonds is 0. The molecule has 12 heavy (non-hydrogen) atoms. The van der Waals surface area contributed by atoms with Gasteiger partial charge in [-0.25, -0.2) is 4.99 Å². The molecule has 2 heterocycles. The van der Waals surface area contributed by atoms with Gasteiger partial charge in [0.15, 0.2) is 0 Å². The van der Waals surface area contributed by atoms with Crippen LogP contribution in [0.25, 0.3) is 0 Å². The van der Waals surface area contributed by atoms with Crippen LogP contribution in [0.1, 0.15) is 5.56 Å². The van der Waals surface area contributed by atoms with Crippen LogP contribution in [-0.2, 0) is 6.42 Å². The Hall–Kier alpha value is -0.830. The number of H-pyrrole nitrogens is 1. The normalized spacial score (nSPS) is 20.2. The Balaban J connectivity index is 2.43. The van der Waals surface area contributed by atoms with Gasteiger partial charge < -0.3 is 4.98 Å². The van der Waals surface area contributed by atoms with E-state index < -0.39 is 0 Å². The maximum absolute atomic E-state index is 8.69. The van der Waals surface area contributed by atoms with Gasteiger partial charge in [0.05, 0.1) is 12.0 Å². The molecule has 0 bridgehead atoms. The lowest BCUT2D eigenvalue weighted by atomic mass is 10.0. The molecule has 60 valence electrons. The zero-order chi connectivity index (χ0) is 8.55. The molecule has 0 fully saturated rings.